The van der Waals surface area contributed by atoms with Gasteiger partial charge in [-0.05, 0) is 63.1 Å². The second kappa shape index (κ2) is 11.4. The smallest absolute Gasteiger partial charge is 0.263 e. The van der Waals surface area contributed by atoms with E-state index in [2.05, 4.69) is 0 Å². The van der Waals surface area contributed by atoms with E-state index in [1.807, 2.05) is 36.1 Å². The van der Waals surface area contributed by atoms with Crippen molar-refractivity contribution in [3.8, 4) is 17.2 Å². The molecule has 7 nitrogen and oxygen atoms in total. The van der Waals surface area contributed by atoms with Gasteiger partial charge in [-0.3, -0.25) is 9.59 Å². The van der Waals surface area contributed by atoms with Crippen molar-refractivity contribution in [2.45, 2.75) is 39.2 Å². The van der Waals surface area contributed by atoms with E-state index in [4.69, 9.17) is 9.47 Å². The molecule has 1 saturated heterocycles. The molecule has 0 aromatic heterocycles. The Kier molecular flexibility index (Phi) is 8.36. The van der Waals surface area contributed by atoms with Crippen LogP contribution in [-0.2, 0) is 9.59 Å². The highest BCUT2D eigenvalue weighted by Gasteiger charge is 2.26. The number of phenolic OH excluding ortho intramolecular Hbond substituents is 1. The van der Waals surface area contributed by atoms with Crippen LogP contribution in [0.5, 0.6) is 17.2 Å². The Balaban J connectivity index is 1.40. The molecule has 0 radical (unpaired) electrons. The predicted octanol–water partition coefficient (Wildman–Crippen LogP) is 3.39. The van der Waals surface area contributed by atoms with Crippen LogP contribution in [0.2, 0.25) is 0 Å². The number of hydrogen-bond acceptors (Lipinski definition) is 5. The molecule has 1 aliphatic heterocycles. The van der Waals surface area contributed by atoms with Gasteiger partial charge in [-0.15, -0.1) is 0 Å². The van der Waals surface area contributed by atoms with Gasteiger partial charge in [-0.1, -0.05) is 17.7 Å². The first-order chi connectivity index (χ1) is 15.4. The van der Waals surface area contributed by atoms with Gasteiger partial charge in [0.05, 0.1) is 6.61 Å². The Labute approximate surface area is 189 Å². The number of nitrogens with zero attached hydrogens (tertiary/aromatic N) is 2. The van der Waals surface area contributed by atoms with Gasteiger partial charge >= 0.3 is 0 Å². The minimum atomic E-state index is -0.638. The second-order valence-corrected chi connectivity index (χ2v) is 8.08. The molecule has 2 amide bonds. The van der Waals surface area contributed by atoms with E-state index in [1.54, 1.807) is 24.0 Å². The zero-order valence-electron chi connectivity index (χ0n) is 18.8. The quantitative estimate of drug-likeness (QED) is 0.637. The molecule has 0 spiro atoms. The molecule has 1 aliphatic rings. The van der Waals surface area contributed by atoms with E-state index in [-0.39, 0.29) is 17.6 Å². The number of aromatic hydroxyl groups is 1. The molecule has 1 fully saturated rings. The highest BCUT2D eigenvalue weighted by Crippen LogP contribution is 2.18. The normalized spacial score (nSPS) is 15.1. The highest BCUT2D eigenvalue weighted by molar-refractivity contribution is 5.81. The molecule has 2 aromatic rings. The van der Waals surface area contributed by atoms with E-state index < -0.39 is 6.10 Å². The standard InChI is InChI=1S/C25H32N2O5/c1-19-6-10-22(11-7-19)31-18-3-5-24(29)26-14-4-15-27(17-16-26)25(30)20(2)32-23-12-8-21(28)9-13-23/h6-13,20,28H,3-5,14-18H2,1-2H3. The lowest BCUT2D eigenvalue weighted by molar-refractivity contribution is -0.138. The first-order valence-electron chi connectivity index (χ1n) is 11.1. The molecule has 1 atom stereocenters. The second-order valence-electron chi connectivity index (χ2n) is 8.08. The van der Waals surface area contributed by atoms with Gasteiger partial charge in [-0.25, -0.2) is 0 Å². The van der Waals surface area contributed by atoms with Crippen LogP contribution in [0.4, 0.5) is 0 Å². The number of aryl methyl sites for hydroxylation is 1. The van der Waals surface area contributed by atoms with Crippen molar-refractivity contribution < 1.29 is 24.2 Å². The molecule has 3 rings (SSSR count). The van der Waals surface area contributed by atoms with E-state index in [0.717, 1.165) is 12.2 Å². The average molecular weight is 441 g/mol. The highest BCUT2D eigenvalue weighted by atomic mass is 16.5. The van der Waals surface area contributed by atoms with Gasteiger partial charge in [0.1, 0.15) is 17.2 Å². The van der Waals surface area contributed by atoms with Crippen LogP contribution in [0.3, 0.4) is 0 Å². The molecule has 0 saturated carbocycles. The van der Waals surface area contributed by atoms with Crippen LogP contribution in [0, 0.1) is 6.92 Å². The SMILES string of the molecule is Cc1ccc(OCCCC(=O)N2CCCN(C(=O)C(C)Oc3ccc(O)cc3)CC2)cc1. The number of carbonyl (C=O) groups is 2. The summed E-state index contributed by atoms with van der Waals surface area (Å²) in [5.41, 5.74) is 1.18. The molecule has 172 valence electrons. The molecule has 32 heavy (non-hydrogen) atoms. The van der Waals surface area contributed by atoms with Crippen molar-refractivity contribution >= 4 is 11.8 Å². The number of phenols is 1. The molecule has 0 aliphatic carbocycles. The molecule has 1 heterocycles. The zero-order chi connectivity index (χ0) is 22.9. The van der Waals surface area contributed by atoms with Crippen LogP contribution in [-0.4, -0.2) is 65.6 Å². The topological polar surface area (TPSA) is 79.3 Å². The molecule has 1 unspecified atom stereocenters. The van der Waals surface area contributed by atoms with E-state index in [9.17, 15) is 14.7 Å². The molecule has 1 N–H and O–H groups in total. The summed E-state index contributed by atoms with van der Waals surface area (Å²) in [5, 5.41) is 9.36. The minimum absolute atomic E-state index is 0.0974. The van der Waals surface area contributed by atoms with Gasteiger partial charge < -0.3 is 24.4 Å². The summed E-state index contributed by atoms with van der Waals surface area (Å²) >= 11 is 0. The lowest BCUT2D eigenvalue weighted by Gasteiger charge is -2.25. The molecule has 0 bridgehead atoms. The van der Waals surface area contributed by atoms with E-state index in [1.165, 1.54) is 17.7 Å². The Morgan fingerprint density at radius 1 is 0.938 bits per heavy atom. The Morgan fingerprint density at radius 2 is 1.56 bits per heavy atom. The Hall–Kier alpha value is -3.22. The largest absolute Gasteiger partial charge is 0.508 e. The van der Waals surface area contributed by atoms with Crippen molar-refractivity contribution in [1.82, 2.24) is 9.80 Å². The van der Waals surface area contributed by atoms with Gasteiger partial charge in [-0.2, -0.15) is 0 Å². The number of benzene rings is 2. The van der Waals surface area contributed by atoms with Crippen LogP contribution in [0.1, 0.15) is 31.7 Å². The van der Waals surface area contributed by atoms with Crippen LogP contribution in [0.15, 0.2) is 48.5 Å². The number of carbonyl (C=O) groups excluding carboxylic acids is 2. The van der Waals surface area contributed by atoms with Crippen LogP contribution >= 0.6 is 0 Å². The van der Waals surface area contributed by atoms with E-state index >= 15 is 0 Å². The van der Waals surface area contributed by atoms with Crippen molar-refractivity contribution in [2.75, 3.05) is 32.8 Å². The number of amides is 2. The summed E-state index contributed by atoms with van der Waals surface area (Å²) in [6.07, 6.45) is 1.19. The van der Waals surface area contributed by atoms with Crippen molar-refractivity contribution in [2.24, 2.45) is 0 Å². The third-order valence-electron chi connectivity index (χ3n) is 5.48. The molecule has 7 heteroatoms. The first-order valence-corrected chi connectivity index (χ1v) is 11.1. The monoisotopic (exact) mass is 440 g/mol. The summed E-state index contributed by atoms with van der Waals surface area (Å²) in [6, 6.07) is 14.2. The molecule has 2 aromatic carbocycles. The maximum atomic E-state index is 12.8. The van der Waals surface area contributed by atoms with Crippen molar-refractivity contribution in [1.29, 1.82) is 0 Å². The summed E-state index contributed by atoms with van der Waals surface area (Å²) in [4.78, 5) is 29.0. The molecular weight excluding hydrogens is 408 g/mol. The van der Waals surface area contributed by atoms with Crippen LogP contribution in [0.25, 0.3) is 0 Å². The van der Waals surface area contributed by atoms with Crippen molar-refractivity contribution in [3.63, 3.8) is 0 Å². The maximum Gasteiger partial charge on any atom is 0.263 e. The third-order valence-corrected chi connectivity index (χ3v) is 5.48. The van der Waals surface area contributed by atoms with Crippen LogP contribution < -0.4 is 9.47 Å². The predicted molar refractivity (Wildman–Crippen MR) is 122 cm³/mol. The lowest BCUT2D eigenvalue weighted by atomic mass is 10.2. The fraction of sp³-hybridized carbons (Fsp3) is 0.440. The summed E-state index contributed by atoms with van der Waals surface area (Å²) in [6.45, 7) is 6.51. The number of hydrogen-bond donors (Lipinski definition) is 1. The minimum Gasteiger partial charge on any atom is -0.508 e. The summed E-state index contributed by atoms with van der Waals surface area (Å²) < 4.78 is 11.4. The fourth-order valence-corrected chi connectivity index (χ4v) is 3.63. The Morgan fingerprint density at radius 3 is 2.28 bits per heavy atom. The average Bonchev–Trinajstić information content (AvgIpc) is 3.05. The number of rotatable bonds is 8. The third kappa shape index (κ3) is 6.90. The summed E-state index contributed by atoms with van der Waals surface area (Å²) in [5.74, 6) is 1.49. The Bertz CT molecular complexity index is 882. The fourth-order valence-electron chi connectivity index (χ4n) is 3.63. The van der Waals surface area contributed by atoms with Crippen molar-refractivity contribution in [3.05, 3.63) is 54.1 Å². The first kappa shape index (κ1) is 23.4. The zero-order valence-corrected chi connectivity index (χ0v) is 18.8. The maximum absolute atomic E-state index is 12.8. The molecular formula is C25H32N2O5. The summed E-state index contributed by atoms with van der Waals surface area (Å²) in [7, 11) is 0. The number of ether oxygens (including phenoxy) is 2. The van der Waals surface area contributed by atoms with E-state index in [0.29, 0.717) is 51.4 Å². The van der Waals surface area contributed by atoms with Gasteiger partial charge in [0, 0.05) is 32.6 Å². The van der Waals surface area contributed by atoms with Gasteiger partial charge in [0.2, 0.25) is 5.91 Å². The lowest BCUT2D eigenvalue weighted by Crippen LogP contribution is -2.43. The van der Waals surface area contributed by atoms with Gasteiger partial charge in [0.25, 0.3) is 5.91 Å². The van der Waals surface area contributed by atoms with Gasteiger partial charge in [0.15, 0.2) is 6.10 Å².